The van der Waals surface area contributed by atoms with Gasteiger partial charge in [-0.25, -0.2) is 4.79 Å². The molecule has 7 nitrogen and oxygen atoms in total. The molecule has 0 saturated carbocycles. The van der Waals surface area contributed by atoms with Crippen LogP contribution >= 0.6 is 0 Å². The van der Waals surface area contributed by atoms with Gasteiger partial charge in [0.05, 0.1) is 11.8 Å². The minimum atomic E-state index is -0.599. The van der Waals surface area contributed by atoms with Crippen molar-refractivity contribution in [3.63, 3.8) is 0 Å². The molecule has 0 fully saturated rings. The average Bonchev–Trinajstić information content (AvgIpc) is 3.40. The number of nitrogens with two attached hydrogens (primary N) is 1. The Kier molecular flexibility index (Phi) is 10.9. The summed E-state index contributed by atoms with van der Waals surface area (Å²) < 4.78 is 11.4. The summed E-state index contributed by atoms with van der Waals surface area (Å²) in [6, 6.07) is 18.4. The van der Waals surface area contributed by atoms with Crippen LogP contribution in [0.4, 0.5) is 0 Å². The third-order valence-electron chi connectivity index (χ3n) is 6.10. The summed E-state index contributed by atoms with van der Waals surface area (Å²) in [6.07, 6.45) is 3.17. The van der Waals surface area contributed by atoms with Crippen LogP contribution < -0.4 is 11.1 Å². The molecule has 2 aromatic carbocycles. The van der Waals surface area contributed by atoms with Crippen LogP contribution in [0.2, 0.25) is 0 Å². The minimum absolute atomic E-state index is 0.0722. The first-order chi connectivity index (χ1) is 17.9. The second kappa shape index (κ2) is 14.4. The largest absolute Gasteiger partial charge is 0.469 e. The van der Waals surface area contributed by atoms with E-state index in [1.54, 1.807) is 18.4 Å². The van der Waals surface area contributed by atoms with Crippen molar-refractivity contribution in [1.82, 2.24) is 10.2 Å². The fraction of sp³-hybridized carbons (Fsp3) is 0.400. The van der Waals surface area contributed by atoms with E-state index in [0.717, 1.165) is 29.7 Å². The van der Waals surface area contributed by atoms with Gasteiger partial charge in [-0.05, 0) is 61.2 Å². The minimum Gasteiger partial charge on any atom is -0.469 e. The van der Waals surface area contributed by atoms with Crippen LogP contribution in [0.15, 0.2) is 71.3 Å². The molecule has 7 heteroatoms. The summed E-state index contributed by atoms with van der Waals surface area (Å²) >= 11 is 0. The molecule has 0 spiro atoms. The number of ether oxygens (including phenoxy) is 1. The predicted molar refractivity (Wildman–Crippen MR) is 145 cm³/mol. The second-order valence-electron chi connectivity index (χ2n) is 9.39. The Morgan fingerprint density at radius 3 is 2.35 bits per heavy atom. The molecule has 1 heterocycles. The number of furan rings is 1. The molecule has 3 rings (SSSR count). The Balaban J connectivity index is 1.75. The van der Waals surface area contributed by atoms with Gasteiger partial charge >= 0.3 is 5.97 Å². The molecule has 2 atom stereocenters. The van der Waals surface area contributed by atoms with Crippen molar-refractivity contribution in [1.29, 1.82) is 0 Å². The number of amides is 1. The van der Waals surface area contributed by atoms with Crippen LogP contribution in [0, 0.1) is 6.92 Å². The number of rotatable bonds is 14. The number of benzene rings is 2. The monoisotopic (exact) mass is 505 g/mol. The van der Waals surface area contributed by atoms with Crippen molar-refractivity contribution in [2.75, 3.05) is 19.6 Å². The molecule has 1 aromatic heterocycles. The highest BCUT2D eigenvalue weighted by atomic mass is 16.5. The molecule has 198 valence electrons. The Labute approximate surface area is 220 Å². The zero-order chi connectivity index (χ0) is 26.6. The second-order valence-corrected chi connectivity index (χ2v) is 9.39. The molecule has 3 aromatic rings. The fourth-order valence-corrected chi connectivity index (χ4v) is 4.29. The number of nitrogens with one attached hydrogen (secondary N) is 1. The lowest BCUT2D eigenvalue weighted by Gasteiger charge is -2.25. The smallest absolute Gasteiger partial charge is 0.338 e. The first-order valence-corrected chi connectivity index (χ1v) is 13.1. The van der Waals surface area contributed by atoms with Gasteiger partial charge in [0.2, 0.25) is 0 Å². The van der Waals surface area contributed by atoms with E-state index in [1.165, 1.54) is 0 Å². The van der Waals surface area contributed by atoms with Crippen molar-refractivity contribution in [3.05, 3.63) is 94.9 Å². The van der Waals surface area contributed by atoms with Crippen LogP contribution in [0.3, 0.4) is 0 Å². The number of hydrogen-bond donors (Lipinski definition) is 2. The molecule has 2 unspecified atom stereocenters. The maximum absolute atomic E-state index is 13.3. The van der Waals surface area contributed by atoms with Gasteiger partial charge in [0.15, 0.2) is 0 Å². The number of carbonyl (C=O) groups is 2. The fourth-order valence-electron chi connectivity index (χ4n) is 4.29. The Morgan fingerprint density at radius 2 is 1.70 bits per heavy atom. The number of esters is 1. The van der Waals surface area contributed by atoms with Crippen molar-refractivity contribution in [2.24, 2.45) is 5.73 Å². The van der Waals surface area contributed by atoms with E-state index < -0.39 is 18.1 Å². The predicted octanol–water partition coefficient (Wildman–Crippen LogP) is 4.74. The molecular formula is C30H39N3O4. The van der Waals surface area contributed by atoms with E-state index in [1.807, 2.05) is 74.2 Å². The molecule has 37 heavy (non-hydrogen) atoms. The summed E-state index contributed by atoms with van der Waals surface area (Å²) in [5.41, 5.74) is 9.27. The van der Waals surface area contributed by atoms with E-state index in [-0.39, 0.29) is 5.91 Å². The summed E-state index contributed by atoms with van der Waals surface area (Å²) in [5, 5.41) is 3.35. The maximum Gasteiger partial charge on any atom is 0.338 e. The van der Waals surface area contributed by atoms with Gasteiger partial charge in [-0.1, -0.05) is 44.2 Å². The molecule has 0 bridgehead atoms. The van der Waals surface area contributed by atoms with Gasteiger partial charge in [-0.15, -0.1) is 0 Å². The third kappa shape index (κ3) is 8.58. The molecule has 0 saturated heterocycles. The molecule has 3 N–H and O–H groups in total. The lowest BCUT2D eigenvalue weighted by molar-refractivity contribution is 0.0234. The van der Waals surface area contributed by atoms with E-state index in [0.29, 0.717) is 43.7 Å². The number of nitrogens with zero attached hydrogens (tertiary/aromatic N) is 1. The normalized spacial score (nSPS) is 12.6. The van der Waals surface area contributed by atoms with Crippen LogP contribution in [-0.4, -0.2) is 48.6 Å². The van der Waals surface area contributed by atoms with Gasteiger partial charge in [-0.3, -0.25) is 4.79 Å². The standard InChI is InChI=1S/C30H39N3O4/c1-4-13-33(14-5-2)29(34)24-16-22(3)17-25(18-24)30(35)37-28(27(31)19-26-12-9-15-36-26)21-32-20-23-10-7-6-8-11-23/h6-12,15-18,27-28,32H,4-5,13-14,19-21,31H2,1-3H3. The molecule has 1 amide bonds. The third-order valence-corrected chi connectivity index (χ3v) is 6.10. The number of hydrogen-bond acceptors (Lipinski definition) is 6. The quantitative estimate of drug-likeness (QED) is 0.307. The summed E-state index contributed by atoms with van der Waals surface area (Å²) in [5.74, 6) is 0.153. The van der Waals surface area contributed by atoms with Crippen LogP contribution in [0.1, 0.15) is 64.3 Å². The summed E-state index contributed by atoms with van der Waals surface area (Å²) in [7, 11) is 0. The summed E-state index contributed by atoms with van der Waals surface area (Å²) in [4.78, 5) is 28.3. The zero-order valence-electron chi connectivity index (χ0n) is 22.1. The number of aryl methyl sites for hydroxylation is 1. The lowest BCUT2D eigenvalue weighted by Crippen LogP contribution is -2.45. The Morgan fingerprint density at radius 1 is 1.00 bits per heavy atom. The highest BCUT2D eigenvalue weighted by Crippen LogP contribution is 2.16. The van der Waals surface area contributed by atoms with Gasteiger partial charge < -0.3 is 25.1 Å². The SMILES string of the molecule is CCCN(CCC)C(=O)c1cc(C)cc(C(=O)OC(CNCc2ccccc2)C(N)Cc2ccco2)c1. The summed E-state index contributed by atoms with van der Waals surface area (Å²) in [6.45, 7) is 8.32. The molecular weight excluding hydrogens is 466 g/mol. The van der Waals surface area contributed by atoms with E-state index in [4.69, 9.17) is 14.9 Å². The topological polar surface area (TPSA) is 97.8 Å². The van der Waals surface area contributed by atoms with Crippen LogP contribution in [-0.2, 0) is 17.7 Å². The molecule has 0 aliphatic carbocycles. The van der Waals surface area contributed by atoms with Crippen LogP contribution in [0.5, 0.6) is 0 Å². The van der Waals surface area contributed by atoms with Gasteiger partial charge in [0.25, 0.3) is 5.91 Å². The highest BCUT2D eigenvalue weighted by molar-refractivity contribution is 5.98. The maximum atomic E-state index is 13.3. The lowest BCUT2D eigenvalue weighted by atomic mass is 10.0. The zero-order valence-corrected chi connectivity index (χ0v) is 22.1. The van der Waals surface area contributed by atoms with E-state index in [9.17, 15) is 9.59 Å². The first-order valence-electron chi connectivity index (χ1n) is 13.1. The van der Waals surface area contributed by atoms with E-state index >= 15 is 0 Å². The molecule has 0 radical (unpaired) electrons. The molecule has 0 aliphatic heterocycles. The van der Waals surface area contributed by atoms with Crippen molar-refractivity contribution in [2.45, 2.75) is 58.7 Å². The van der Waals surface area contributed by atoms with Gasteiger partial charge in [0, 0.05) is 44.2 Å². The van der Waals surface area contributed by atoms with Crippen molar-refractivity contribution in [3.8, 4) is 0 Å². The van der Waals surface area contributed by atoms with Crippen molar-refractivity contribution < 1.29 is 18.7 Å². The van der Waals surface area contributed by atoms with Gasteiger partial charge in [-0.2, -0.15) is 0 Å². The average molecular weight is 506 g/mol. The van der Waals surface area contributed by atoms with Crippen LogP contribution in [0.25, 0.3) is 0 Å². The van der Waals surface area contributed by atoms with Crippen molar-refractivity contribution >= 4 is 11.9 Å². The van der Waals surface area contributed by atoms with Gasteiger partial charge in [0.1, 0.15) is 11.9 Å². The first kappa shape index (κ1) is 28.2. The van der Waals surface area contributed by atoms with E-state index in [2.05, 4.69) is 5.32 Å². The Hall–Kier alpha value is -3.42. The molecule has 0 aliphatic rings. The number of carbonyl (C=O) groups excluding carboxylic acids is 2. The Bertz CT molecular complexity index is 1110. The highest BCUT2D eigenvalue weighted by Gasteiger charge is 2.25.